The Bertz CT molecular complexity index is 749. The van der Waals surface area contributed by atoms with Gasteiger partial charge in [-0.1, -0.05) is 30.3 Å². The molecule has 2 N–H and O–H groups in total. The molecule has 2 rings (SSSR count). The Labute approximate surface area is 161 Å². The van der Waals surface area contributed by atoms with Crippen LogP contribution in [0.3, 0.4) is 0 Å². The predicted octanol–water partition coefficient (Wildman–Crippen LogP) is 2.83. The lowest BCUT2D eigenvalue weighted by Crippen LogP contribution is -2.38. The van der Waals surface area contributed by atoms with E-state index >= 15 is 0 Å². The van der Waals surface area contributed by atoms with Crippen molar-refractivity contribution in [2.24, 2.45) is 4.99 Å². The molecular weight excluding hydrogens is 342 g/mol. The number of rotatable bonds is 8. The van der Waals surface area contributed by atoms with Crippen molar-refractivity contribution in [3.63, 3.8) is 0 Å². The SMILES string of the molecule is CCNC(=NCC(O)c1cccc(OC)c1)N(C)Cc1ccccc1OC. The zero-order chi connectivity index (χ0) is 19.6. The summed E-state index contributed by atoms with van der Waals surface area (Å²) in [6.07, 6.45) is -0.701. The number of aliphatic hydroxyl groups excluding tert-OH is 1. The maximum absolute atomic E-state index is 10.5. The van der Waals surface area contributed by atoms with E-state index in [2.05, 4.69) is 10.3 Å². The standard InChI is InChI=1S/C21H29N3O3/c1-5-22-21(24(2)15-17-9-6-7-12-20(17)27-4)23-14-19(25)16-10-8-11-18(13-16)26-3/h6-13,19,25H,5,14-15H2,1-4H3,(H,22,23). The van der Waals surface area contributed by atoms with E-state index in [1.165, 1.54) is 0 Å². The van der Waals surface area contributed by atoms with Crippen molar-refractivity contribution in [3.8, 4) is 11.5 Å². The summed E-state index contributed by atoms with van der Waals surface area (Å²) in [4.78, 5) is 6.61. The van der Waals surface area contributed by atoms with Gasteiger partial charge in [-0.25, -0.2) is 0 Å². The molecule has 0 fully saturated rings. The molecule has 0 saturated carbocycles. The second-order valence-corrected chi connectivity index (χ2v) is 6.15. The second-order valence-electron chi connectivity index (χ2n) is 6.15. The molecule has 0 radical (unpaired) electrons. The number of aliphatic imine (C=N–C) groups is 1. The largest absolute Gasteiger partial charge is 0.497 e. The van der Waals surface area contributed by atoms with Crippen LogP contribution in [0.1, 0.15) is 24.2 Å². The van der Waals surface area contributed by atoms with Crippen LogP contribution in [-0.4, -0.2) is 50.3 Å². The Morgan fingerprint density at radius 3 is 2.63 bits per heavy atom. The number of hydrogen-bond acceptors (Lipinski definition) is 4. The first-order valence-corrected chi connectivity index (χ1v) is 9.02. The number of methoxy groups -OCH3 is 2. The first-order chi connectivity index (χ1) is 13.1. The Kier molecular flexibility index (Phi) is 7.95. The van der Waals surface area contributed by atoms with Crippen LogP contribution >= 0.6 is 0 Å². The molecule has 0 heterocycles. The zero-order valence-corrected chi connectivity index (χ0v) is 16.5. The Morgan fingerprint density at radius 1 is 1.15 bits per heavy atom. The molecule has 0 bridgehead atoms. The minimum absolute atomic E-state index is 0.256. The minimum Gasteiger partial charge on any atom is -0.497 e. The molecule has 0 aromatic heterocycles. The van der Waals surface area contributed by atoms with E-state index < -0.39 is 6.10 Å². The molecule has 1 atom stereocenters. The maximum Gasteiger partial charge on any atom is 0.194 e. The van der Waals surface area contributed by atoms with Crippen LogP contribution in [0.25, 0.3) is 0 Å². The topological polar surface area (TPSA) is 66.3 Å². The number of aliphatic hydroxyl groups is 1. The molecule has 146 valence electrons. The van der Waals surface area contributed by atoms with Crippen molar-refractivity contribution in [1.82, 2.24) is 10.2 Å². The average Bonchev–Trinajstić information content (AvgIpc) is 2.71. The molecule has 0 aliphatic heterocycles. The Balaban J connectivity index is 2.10. The van der Waals surface area contributed by atoms with E-state index in [1.54, 1.807) is 14.2 Å². The van der Waals surface area contributed by atoms with Gasteiger partial charge in [-0.15, -0.1) is 0 Å². The number of para-hydroxylation sites is 1. The Morgan fingerprint density at radius 2 is 1.93 bits per heavy atom. The third-order valence-electron chi connectivity index (χ3n) is 4.19. The summed E-state index contributed by atoms with van der Waals surface area (Å²) in [6.45, 7) is 3.66. The number of hydrogen-bond donors (Lipinski definition) is 2. The summed E-state index contributed by atoms with van der Waals surface area (Å²) >= 11 is 0. The fourth-order valence-electron chi connectivity index (χ4n) is 2.76. The van der Waals surface area contributed by atoms with Crippen molar-refractivity contribution in [1.29, 1.82) is 0 Å². The van der Waals surface area contributed by atoms with Gasteiger partial charge in [0, 0.05) is 25.7 Å². The highest BCUT2D eigenvalue weighted by molar-refractivity contribution is 5.79. The molecular formula is C21H29N3O3. The molecule has 6 heteroatoms. The fourth-order valence-corrected chi connectivity index (χ4v) is 2.76. The van der Waals surface area contributed by atoms with Gasteiger partial charge in [0.2, 0.25) is 0 Å². The van der Waals surface area contributed by atoms with Crippen molar-refractivity contribution >= 4 is 5.96 Å². The highest BCUT2D eigenvalue weighted by Gasteiger charge is 2.12. The van der Waals surface area contributed by atoms with Crippen molar-refractivity contribution in [2.75, 3.05) is 34.4 Å². The van der Waals surface area contributed by atoms with Gasteiger partial charge >= 0.3 is 0 Å². The maximum atomic E-state index is 10.5. The van der Waals surface area contributed by atoms with Crippen LogP contribution < -0.4 is 14.8 Å². The summed E-state index contributed by atoms with van der Waals surface area (Å²) in [5, 5.41) is 13.8. The Hall–Kier alpha value is -2.73. The van der Waals surface area contributed by atoms with E-state index in [-0.39, 0.29) is 6.54 Å². The zero-order valence-electron chi connectivity index (χ0n) is 16.5. The van der Waals surface area contributed by atoms with E-state index in [0.29, 0.717) is 6.54 Å². The van der Waals surface area contributed by atoms with Crippen LogP contribution in [0.5, 0.6) is 11.5 Å². The van der Waals surface area contributed by atoms with E-state index in [9.17, 15) is 5.11 Å². The van der Waals surface area contributed by atoms with Gasteiger partial charge in [0.25, 0.3) is 0 Å². The lowest BCUT2D eigenvalue weighted by molar-refractivity contribution is 0.186. The van der Waals surface area contributed by atoms with Crippen LogP contribution in [0.2, 0.25) is 0 Å². The summed E-state index contributed by atoms with van der Waals surface area (Å²) in [7, 11) is 5.24. The first-order valence-electron chi connectivity index (χ1n) is 9.02. The fraction of sp³-hybridized carbons (Fsp3) is 0.381. The lowest BCUT2D eigenvalue weighted by Gasteiger charge is -2.23. The minimum atomic E-state index is -0.701. The summed E-state index contributed by atoms with van der Waals surface area (Å²) in [6, 6.07) is 15.3. The number of nitrogens with zero attached hydrogens (tertiary/aromatic N) is 2. The molecule has 0 amide bonds. The monoisotopic (exact) mass is 371 g/mol. The van der Waals surface area contributed by atoms with Gasteiger partial charge < -0.3 is 24.8 Å². The molecule has 0 aliphatic rings. The highest BCUT2D eigenvalue weighted by Crippen LogP contribution is 2.20. The van der Waals surface area contributed by atoms with Gasteiger partial charge in [-0.2, -0.15) is 0 Å². The molecule has 2 aromatic rings. The lowest BCUT2D eigenvalue weighted by atomic mass is 10.1. The van der Waals surface area contributed by atoms with Crippen molar-refractivity contribution in [3.05, 3.63) is 59.7 Å². The van der Waals surface area contributed by atoms with E-state index in [0.717, 1.165) is 35.1 Å². The van der Waals surface area contributed by atoms with E-state index in [4.69, 9.17) is 9.47 Å². The van der Waals surface area contributed by atoms with Gasteiger partial charge in [0.1, 0.15) is 11.5 Å². The highest BCUT2D eigenvalue weighted by atomic mass is 16.5. The number of nitrogens with one attached hydrogen (secondary N) is 1. The third kappa shape index (κ3) is 5.89. The van der Waals surface area contributed by atoms with Crippen LogP contribution in [-0.2, 0) is 6.54 Å². The number of benzene rings is 2. The van der Waals surface area contributed by atoms with Gasteiger partial charge in [-0.05, 0) is 30.7 Å². The van der Waals surface area contributed by atoms with Crippen LogP contribution in [0.15, 0.2) is 53.5 Å². The van der Waals surface area contributed by atoms with Crippen LogP contribution in [0.4, 0.5) is 0 Å². The summed E-state index contributed by atoms with van der Waals surface area (Å²) < 4.78 is 10.6. The summed E-state index contributed by atoms with van der Waals surface area (Å²) in [5.74, 6) is 2.29. The number of guanidine groups is 1. The van der Waals surface area contributed by atoms with Gasteiger partial charge in [-0.3, -0.25) is 4.99 Å². The van der Waals surface area contributed by atoms with Crippen molar-refractivity contribution in [2.45, 2.75) is 19.6 Å². The quantitative estimate of drug-likeness (QED) is 0.552. The third-order valence-corrected chi connectivity index (χ3v) is 4.19. The molecule has 1 unspecified atom stereocenters. The smallest absolute Gasteiger partial charge is 0.194 e. The van der Waals surface area contributed by atoms with Gasteiger partial charge in [0.05, 0.1) is 26.9 Å². The molecule has 27 heavy (non-hydrogen) atoms. The van der Waals surface area contributed by atoms with Crippen LogP contribution in [0, 0.1) is 0 Å². The predicted molar refractivity (Wildman–Crippen MR) is 108 cm³/mol. The average molecular weight is 371 g/mol. The molecule has 0 spiro atoms. The van der Waals surface area contributed by atoms with Crippen molar-refractivity contribution < 1.29 is 14.6 Å². The normalized spacial score (nSPS) is 12.4. The number of ether oxygens (including phenoxy) is 2. The molecule has 6 nitrogen and oxygen atoms in total. The molecule has 0 saturated heterocycles. The first kappa shape index (κ1) is 20.6. The summed E-state index contributed by atoms with van der Waals surface area (Å²) in [5.41, 5.74) is 1.85. The molecule has 0 aliphatic carbocycles. The van der Waals surface area contributed by atoms with E-state index in [1.807, 2.05) is 67.4 Å². The molecule has 2 aromatic carbocycles. The van der Waals surface area contributed by atoms with Gasteiger partial charge in [0.15, 0.2) is 5.96 Å². The second kappa shape index (κ2) is 10.4.